The lowest BCUT2D eigenvalue weighted by atomic mass is 9.88. The molecule has 0 spiro atoms. The van der Waals surface area contributed by atoms with Crippen molar-refractivity contribution in [1.82, 2.24) is 4.90 Å². The first-order chi connectivity index (χ1) is 13.8. The molecule has 0 amide bonds. The summed E-state index contributed by atoms with van der Waals surface area (Å²) in [5.41, 5.74) is 4.88. The molecule has 0 N–H and O–H groups in total. The number of fused-ring (bicyclic) bond motifs is 1. The summed E-state index contributed by atoms with van der Waals surface area (Å²) < 4.78 is 5.47. The zero-order valence-electron chi connectivity index (χ0n) is 16.1. The van der Waals surface area contributed by atoms with Gasteiger partial charge in [0, 0.05) is 6.54 Å². The Balaban J connectivity index is 1.81. The first-order valence-electron chi connectivity index (χ1n) is 9.87. The van der Waals surface area contributed by atoms with Crippen LogP contribution in [0.2, 0.25) is 0 Å². The summed E-state index contributed by atoms with van der Waals surface area (Å²) in [4.78, 5) is 15.2. The zero-order valence-corrected chi connectivity index (χ0v) is 16.1. The highest BCUT2D eigenvalue weighted by molar-refractivity contribution is 5.77. The minimum absolute atomic E-state index is 0.00911. The monoisotopic (exact) mass is 371 g/mol. The van der Waals surface area contributed by atoms with E-state index < -0.39 is 0 Å². The van der Waals surface area contributed by atoms with Gasteiger partial charge in [0.2, 0.25) is 0 Å². The molecular formula is C25H25NO2. The van der Waals surface area contributed by atoms with Crippen LogP contribution in [0.25, 0.3) is 0 Å². The largest absolute Gasteiger partial charge is 0.465 e. The van der Waals surface area contributed by atoms with Crippen molar-refractivity contribution in [3.63, 3.8) is 0 Å². The summed E-state index contributed by atoms with van der Waals surface area (Å²) in [6.07, 6.45) is 0.672. The van der Waals surface area contributed by atoms with Gasteiger partial charge in [-0.15, -0.1) is 0 Å². The second-order valence-electron chi connectivity index (χ2n) is 7.14. The average Bonchev–Trinajstić information content (AvgIpc) is 2.75. The quantitative estimate of drug-likeness (QED) is 0.605. The van der Waals surface area contributed by atoms with E-state index in [2.05, 4.69) is 71.6 Å². The Kier molecular flexibility index (Phi) is 5.54. The second-order valence-corrected chi connectivity index (χ2v) is 7.14. The van der Waals surface area contributed by atoms with Gasteiger partial charge in [-0.25, -0.2) is 0 Å². The van der Waals surface area contributed by atoms with Gasteiger partial charge in [-0.05, 0) is 35.6 Å². The average molecular weight is 371 g/mol. The lowest BCUT2D eigenvalue weighted by Gasteiger charge is -2.41. The van der Waals surface area contributed by atoms with Crippen LogP contribution in [0.5, 0.6) is 0 Å². The molecule has 3 aromatic carbocycles. The highest BCUT2D eigenvalue weighted by atomic mass is 16.5. The van der Waals surface area contributed by atoms with Crippen LogP contribution in [0.1, 0.15) is 35.2 Å². The molecule has 1 atom stereocenters. The molecule has 28 heavy (non-hydrogen) atoms. The third kappa shape index (κ3) is 3.71. The number of esters is 1. The Labute approximate surface area is 166 Å². The van der Waals surface area contributed by atoms with Gasteiger partial charge in [-0.2, -0.15) is 0 Å². The van der Waals surface area contributed by atoms with Gasteiger partial charge in [-0.1, -0.05) is 84.9 Å². The van der Waals surface area contributed by atoms with Crippen molar-refractivity contribution < 1.29 is 9.53 Å². The van der Waals surface area contributed by atoms with E-state index in [1.165, 1.54) is 22.3 Å². The van der Waals surface area contributed by atoms with E-state index in [1.54, 1.807) is 0 Å². The third-order valence-electron chi connectivity index (χ3n) is 5.41. The Bertz CT molecular complexity index is 884. The molecule has 0 saturated carbocycles. The molecule has 142 valence electrons. The SMILES string of the molecule is CCOC(=O)C1Cc2ccccc2CN1C(c1ccccc1)c1ccccc1. The molecule has 0 radical (unpaired) electrons. The molecule has 1 unspecified atom stereocenters. The van der Waals surface area contributed by atoms with Gasteiger partial charge in [-0.3, -0.25) is 9.69 Å². The van der Waals surface area contributed by atoms with Crippen LogP contribution < -0.4 is 0 Å². The summed E-state index contributed by atoms with van der Waals surface area (Å²) in [6, 6.07) is 28.9. The van der Waals surface area contributed by atoms with Gasteiger partial charge in [0.1, 0.15) is 6.04 Å². The molecule has 3 nitrogen and oxygen atoms in total. The van der Waals surface area contributed by atoms with E-state index in [0.717, 1.165) is 0 Å². The number of carbonyl (C=O) groups excluding carboxylic acids is 1. The first-order valence-corrected chi connectivity index (χ1v) is 9.87. The Morgan fingerprint density at radius 2 is 1.43 bits per heavy atom. The topological polar surface area (TPSA) is 29.5 Å². The number of ether oxygens (including phenoxy) is 1. The van der Waals surface area contributed by atoms with E-state index in [0.29, 0.717) is 19.6 Å². The maximum Gasteiger partial charge on any atom is 0.323 e. The molecule has 1 aliphatic rings. The van der Waals surface area contributed by atoms with E-state index in [-0.39, 0.29) is 18.1 Å². The summed E-state index contributed by atoms with van der Waals surface area (Å²) >= 11 is 0. The highest BCUT2D eigenvalue weighted by Gasteiger charge is 2.37. The lowest BCUT2D eigenvalue weighted by Crippen LogP contribution is -2.48. The van der Waals surface area contributed by atoms with Gasteiger partial charge in [0.25, 0.3) is 0 Å². The second kappa shape index (κ2) is 8.41. The third-order valence-corrected chi connectivity index (χ3v) is 5.41. The van der Waals surface area contributed by atoms with Crippen molar-refractivity contribution in [2.45, 2.75) is 32.0 Å². The van der Waals surface area contributed by atoms with Gasteiger partial charge in [0.05, 0.1) is 12.6 Å². The predicted octanol–water partition coefficient (Wildman–Crippen LogP) is 4.77. The fourth-order valence-corrected chi connectivity index (χ4v) is 4.12. The molecule has 3 aromatic rings. The van der Waals surface area contributed by atoms with Crippen molar-refractivity contribution in [3.8, 4) is 0 Å². The molecule has 0 aromatic heterocycles. The molecule has 1 heterocycles. The highest BCUT2D eigenvalue weighted by Crippen LogP contribution is 2.36. The minimum atomic E-state index is -0.305. The molecular weight excluding hydrogens is 346 g/mol. The normalized spacial score (nSPS) is 16.6. The van der Waals surface area contributed by atoms with Crippen LogP contribution in [-0.4, -0.2) is 23.5 Å². The van der Waals surface area contributed by atoms with E-state index in [1.807, 2.05) is 25.1 Å². The van der Waals surface area contributed by atoms with Crippen LogP contribution in [-0.2, 0) is 22.5 Å². The fraction of sp³-hybridized carbons (Fsp3) is 0.240. The van der Waals surface area contributed by atoms with Crippen molar-refractivity contribution in [1.29, 1.82) is 0 Å². The maximum atomic E-state index is 12.9. The van der Waals surface area contributed by atoms with Gasteiger partial charge >= 0.3 is 5.97 Å². The summed E-state index contributed by atoms with van der Waals surface area (Å²) in [7, 11) is 0. The summed E-state index contributed by atoms with van der Waals surface area (Å²) in [6.45, 7) is 2.98. The molecule has 1 aliphatic heterocycles. The van der Waals surface area contributed by atoms with E-state index in [9.17, 15) is 4.79 Å². The maximum absolute atomic E-state index is 12.9. The number of hydrogen-bond acceptors (Lipinski definition) is 3. The first kappa shape index (κ1) is 18.5. The lowest BCUT2D eigenvalue weighted by molar-refractivity contribution is -0.151. The van der Waals surface area contributed by atoms with Crippen LogP contribution in [0.15, 0.2) is 84.9 Å². The van der Waals surface area contributed by atoms with Crippen LogP contribution >= 0.6 is 0 Å². The summed E-state index contributed by atoms with van der Waals surface area (Å²) in [5.74, 6) is -0.145. The molecule has 0 saturated heterocycles. The Hall–Kier alpha value is -2.91. The number of rotatable bonds is 5. The number of carbonyl (C=O) groups is 1. The Morgan fingerprint density at radius 1 is 0.893 bits per heavy atom. The zero-order chi connectivity index (χ0) is 19.3. The van der Waals surface area contributed by atoms with Gasteiger partial charge < -0.3 is 4.74 Å². The van der Waals surface area contributed by atoms with Crippen LogP contribution in [0.4, 0.5) is 0 Å². The van der Waals surface area contributed by atoms with Crippen LogP contribution in [0.3, 0.4) is 0 Å². The molecule has 0 bridgehead atoms. The fourth-order valence-electron chi connectivity index (χ4n) is 4.12. The van der Waals surface area contributed by atoms with Crippen molar-refractivity contribution in [2.75, 3.05) is 6.61 Å². The number of hydrogen-bond donors (Lipinski definition) is 0. The standard InChI is InChI=1S/C25H25NO2/c1-2-28-25(27)23-17-21-15-9-10-16-22(21)18-26(23)24(19-11-5-3-6-12-19)20-13-7-4-8-14-20/h3-16,23-24H,2,17-18H2,1H3. The molecule has 4 rings (SSSR count). The smallest absolute Gasteiger partial charge is 0.323 e. The minimum Gasteiger partial charge on any atom is -0.465 e. The predicted molar refractivity (Wildman–Crippen MR) is 111 cm³/mol. The number of benzene rings is 3. The van der Waals surface area contributed by atoms with Crippen molar-refractivity contribution >= 4 is 5.97 Å². The Morgan fingerprint density at radius 3 is 2.00 bits per heavy atom. The summed E-state index contributed by atoms with van der Waals surface area (Å²) in [5, 5.41) is 0. The number of nitrogens with zero attached hydrogens (tertiary/aromatic N) is 1. The van der Waals surface area contributed by atoms with E-state index in [4.69, 9.17) is 4.74 Å². The van der Waals surface area contributed by atoms with Crippen LogP contribution in [0, 0.1) is 0 Å². The van der Waals surface area contributed by atoms with Gasteiger partial charge in [0.15, 0.2) is 0 Å². The van der Waals surface area contributed by atoms with Crippen molar-refractivity contribution in [2.24, 2.45) is 0 Å². The van der Waals surface area contributed by atoms with E-state index >= 15 is 0 Å². The molecule has 0 aliphatic carbocycles. The molecule has 3 heteroatoms. The molecule has 0 fully saturated rings. The van der Waals surface area contributed by atoms with Crippen molar-refractivity contribution in [3.05, 3.63) is 107 Å².